The molecule has 2 rings (SSSR count). The normalized spacial score (nSPS) is 10.6. The molecule has 0 saturated carbocycles. The molecule has 112 valence electrons. The molecule has 0 radical (unpaired) electrons. The van der Waals surface area contributed by atoms with Gasteiger partial charge in [0, 0.05) is 12.1 Å². The van der Waals surface area contributed by atoms with E-state index in [1.54, 1.807) is 19.1 Å². The molecular formula is C16H13FN2O3. The number of hydrogen-bond acceptors (Lipinski definition) is 3. The first-order chi connectivity index (χ1) is 10.5. The maximum atomic E-state index is 13.0. The topological polar surface area (TPSA) is 72.2 Å². The molecular weight excluding hydrogens is 287 g/mol. The number of anilines is 1. The van der Waals surface area contributed by atoms with Crippen LogP contribution in [0.15, 0.2) is 48.5 Å². The average molecular weight is 300 g/mol. The van der Waals surface area contributed by atoms with Gasteiger partial charge < -0.3 is 5.32 Å². The summed E-state index contributed by atoms with van der Waals surface area (Å²) in [6.45, 7) is 1.72. The van der Waals surface area contributed by atoms with Gasteiger partial charge in [-0.05, 0) is 42.3 Å². The molecule has 22 heavy (non-hydrogen) atoms. The SMILES string of the molecule is Cc1ccc(NC(=O)/C=C/c2cccc(F)c2)c([N+](=O)[O-])c1. The van der Waals surface area contributed by atoms with Crippen molar-refractivity contribution in [2.24, 2.45) is 0 Å². The summed E-state index contributed by atoms with van der Waals surface area (Å²) < 4.78 is 13.0. The summed E-state index contributed by atoms with van der Waals surface area (Å²) in [7, 11) is 0. The van der Waals surface area contributed by atoms with E-state index >= 15 is 0 Å². The molecule has 0 heterocycles. The van der Waals surface area contributed by atoms with Gasteiger partial charge in [-0.3, -0.25) is 14.9 Å². The number of rotatable bonds is 4. The summed E-state index contributed by atoms with van der Waals surface area (Å²) in [5, 5.41) is 13.4. The first-order valence-electron chi connectivity index (χ1n) is 6.45. The maximum absolute atomic E-state index is 13.0. The van der Waals surface area contributed by atoms with Gasteiger partial charge in [0.25, 0.3) is 5.69 Å². The van der Waals surface area contributed by atoms with E-state index in [1.807, 2.05) is 0 Å². The Labute approximate surface area is 126 Å². The lowest BCUT2D eigenvalue weighted by Gasteiger charge is -2.04. The van der Waals surface area contributed by atoms with Gasteiger partial charge in [-0.1, -0.05) is 18.2 Å². The highest BCUT2D eigenvalue weighted by atomic mass is 19.1. The molecule has 0 bridgehead atoms. The lowest BCUT2D eigenvalue weighted by molar-refractivity contribution is -0.384. The Kier molecular flexibility index (Phi) is 4.63. The number of halogens is 1. The van der Waals surface area contributed by atoms with Crippen LogP contribution in [0.5, 0.6) is 0 Å². The summed E-state index contributed by atoms with van der Waals surface area (Å²) in [5.41, 5.74) is 1.19. The molecule has 5 nitrogen and oxygen atoms in total. The predicted octanol–water partition coefficient (Wildman–Crippen LogP) is 3.69. The van der Waals surface area contributed by atoms with Gasteiger partial charge in [-0.25, -0.2) is 4.39 Å². The molecule has 0 saturated heterocycles. The van der Waals surface area contributed by atoms with Crippen LogP contribution in [0.1, 0.15) is 11.1 Å². The van der Waals surface area contributed by atoms with Gasteiger partial charge in [-0.15, -0.1) is 0 Å². The van der Waals surface area contributed by atoms with Crippen molar-refractivity contribution >= 4 is 23.4 Å². The van der Waals surface area contributed by atoms with Crippen molar-refractivity contribution in [2.45, 2.75) is 6.92 Å². The third kappa shape index (κ3) is 3.99. The number of carbonyl (C=O) groups is 1. The van der Waals surface area contributed by atoms with E-state index < -0.39 is 16.6 Å². The standard InChI is InChI=1S/C16H13FN2O3/c1-11-5-7-14(15(9-11)19(21)22)18-16(20)8-6-12-3-2-4-13(17)10-12/h2-10H,1H3,(H,18,20)/b8-6+. The quantitative estimate of drug-likeness (QED) is 0.531. The van der Waals surface area contributed by atoms with Crippen LogP contribution in [-0.2, 0) is 4.79 Å². The van der Waals surface area contributed by atoms with Crippen LogP contribution in [0, 0.1) is 22.9 Å². The van der Waals surface area contributed by atoms with Crippen molar-refractivity contribution in [3.8, 4) is 0 Å². The zero-order valence-electron chi connectivity index (χ0n) is 11.7. The number of amides is 1. The number of benzene rings is 2. The fourth-order valence-electron chi connectivity index (χ4n) is 1.86. The van der Waals surface area contributed by atoms with Crippen LogP contribution in [0.4, 0.5) is 15.8 Å². The summed E-state index contributed by atoms with van der Waals surface area (Å²) in [5.74, 6) is -0.937. The minimum atomic E-state index is -0.557. The number of nitro groups is 1. The van der Waals surface area contributed by atoms with Crippen LogP contribution in [0.25, 0.3) is 6.08 Å². The van der Waals surface area contributed by atoms with Crippen molar-refractivity contribution in [3.63, 3.8) is 0 Å². The zero-order chi connectivity index (χ0) is 16.1. The Morgan fingerprint density at radius 1 is 1.27 bits per heavy atom. The second-order valence-corrected chi connectivity index (χ2v) is 4.66. The summed E-state index contributed by atoms with van der Waals surface area (Å²) >= 11 is 0. The molecule has 6 heteroatoms. The highest BCUT2D eigenvalue weighted by Crippen LogP contribution is 2.25. The number of nitro benzene ring substituents is 1. The summed E-state index contributed by atoms with van der Waals surface area (Å²) in [6, 6.07) is 10.3. The number of hydrogen-bond donors (Lipinski definition) is 1. The van der Waals surface area contributed by atoms with Crippen molar-refractivity contribution < 1.29 is 14.1 Å². The first-order valence-corrected chi connectivity index (χ1v) is 6.45. The third-order valence-corrected chi connectivity index (χ3v) is 2.88. The molecule has 0 aliphatic carbocycles. The number of aryl methyl sites for hydroxylation is 1. The second-order valence-electron chi connectivity index (χ2n) is 4.66. The van der Waals surface area contributed by atoms with E-state index in [1.165, 1.54) is 42.5 Å². The van der Waals surface area contributed by atoms with Crippen LogP contribution in [0.2, 0.25) is 0 Å². The Morgan fingerprint density at radius 2 is 2.05 bits per heavy atom. The second kappa shape index (κ2) is 6.62. The van der Waals surface area contributed by atoms with Gasteiger partial charge in [0.1, 0.15) is 11.5 Å². The van der Waals surface area contributed by atoms with Gasteiger partial charge >= 0.3 is 0 Å². The first kappa shape index (κ1) is 15.4. The lowest BCUT2D eigenvalue weighted by atomic mass is 10.2. The molecule has 2 aromatic rings. The van der Waals surface area contributed by atoms with Crippen LogP contribution < -0.4 is 5.32 Å². The monoisotopic (exact) mass is 300 g/mol. The van der Waals surface area contributed by atoms with E-state index in [0.29, 0.717) is 5.56 Å². The largest absolute Gasteiger partial charge is 0.317 e. The van der Waals surface area contributed by atoms with Crippen molar-refractivity contribution in [1.82, 2.24) is 0 Å². The van der Waals surface area contributed by atoms with E-state index in [0.717, 1.165) is 5.56 Å². The Balaban J connectivity index is 2.14. The highest BCUT2D eigenvalue weighted by molar-refractivity contribution is 6.03. The molecule has 0 aliphatic heterocycles. The van der Waals surface area contributed by atoms with Crippen LogP contribution >= 0.6 is 0 Å². The number of nitrogens with zero attached hydrogens (tertiary/aromatic N) is 1. The minimum Gasteiger partial charge on any atom is -0.317 e. The zero-order valence-corrected chi connectivity index (χ0v) is 11.7. The fourth-order valence-corrected chi connectivity index (χ4v) is 1.86. The maximum Gasteiger partial charge on any atom is 0.293 e. The summed E-state index contributed by atoms with van der Waals surface area (Å²) in [4.78, 5) is 22.2. The predicted molar refractivity (Wildman–Crippen MR) is 81.9 cm³/mol. The van der Waals surface area contributed by atoms with Gasteiger partial charge in [0.2, 0.25) is 5.91 Å². The van der Waals surface area contributed by atoms with Crippen molar-refractivity contribution in [1.29, 1.82) is 0 Å². The van der Waals surface area contributed by atoms with Crippen LogP contribution in [-0.4, -0.2) is 10.8 Å². The van der Waals surface area contributed by atoms with E-state index in [-0.39, 0.29) is 11.4 Å². The lowest BCUT2D eigenvalue weighted by Crippen LogP contribution is -2.09. The van der Waals surface area contributed by atoms with Gasteiger partial charge in [0.05, 0.1) is 4.92 Å². The van der Waals surface area contributed by atoms with Gasteiger partial charge in [0.15, 0.2) is 0 Å². The van der Waals surface area contributed by atoms with Crippen molar-refractivity contribution in [2.75, 3.05) is 5.32 Å². The Morgan fingerprint density at radius 3 is 2.73 bits per heavy atom. The highest BCUT2D eigenvalue weighted by Gasteiger charge is 2.14. The molecule has 2 aromatic carbocycles. The smallest absolute Gasteiger partial charge is 0.293 e. The molecule has 0 fully saturated rings. The van der Waals surface area contributed by atoms with Crippen LogP contribution in [0.3, 0.4) is 0 Å². The minimum absolute atomic E-state index is 0.115. The molecule has 1 amide bonds. The Hall–Kier alpha value is -3.02. The van der Waals surface area contributed by atoms with E-state index in [9.17, 15) is 19.3 Å². The Bertz CT molecular complexity index is 757. The van der Waals surface area contributed by atoms with E-state index in [4.69, 9.17) is 0 Å². The van der Waals surface area contributed by atoms with E-state index in [2.05, 4.69) is 5.32 Å². The molecule has 0 atom stereocenters. The molecule has 1 N–H and O–H groups in total. The van der Waals surface area contributed by atoms with Gasteiger partial charge in [-0.2, -0.15) is 0 Å². The molecule has 0 unspecified atom stereocenters. The van der Waals surface area contributed by atoms with Crippen molar-refractivity contribution in [3.05, 3.63) is 75.6 Å². The molecule has 0 spiro atoms. The average Bonchev–Trinajstić information content (AvgIpc) is 2.47. The molecule has 0 aliphatic rings. The third-order valence-electron chi connectivity index (χ3n) is 2.88. The fraction of sp³-hybridized carbons (Fsp3) is 0.0625. The summed E-state index contributed by atoms with van der Waals surface area (Å²) in [6.07, 6.45) is 2.62. The molecule has 0 aromatic heterocycles. The number of nitrogens with one attached hydrogen (secondary N) is 1. The number of carbonyl (C=O) groups excluding carboxylic acids is 1.